The van der Waals surface area contributed by atoms with Gasteiger partial charge in [-0.2, -0.15) is 0 Å². The molecule has 0 amide bonds. The molecule has 1 fully saturated rings. The highest BCUT2D eigenvalue weighted by molar-refractivity contribution is 4.96. The van der Waals surface area contributed by atoms with Gasteiger partial charge in [-0.3, -0.25) is 4.90 Å². The van der Waals surface area contributed by atoms with Crippen molar-refractivity contribution in [1.29, 1.82) is 0 Å². The molecule has 0 spiro atoms. The molecule has 2 heteroatoms. The first kappa shape index (κ1) is 7.76. The lowest BCUT2D eigenvalue weighted by Crippen LogP contribution is -2.50. The third kappa shape index (κ3) is 2.12. The highest BCUT2D eigenvalue weighted by Gasteiger charge is 2.22. The van der Waals surface area contributed by atoms with E-state index < -0.39 is 0 Å². The molecular weight excluding hydrogens is 126 g/mol. The summed E-state index contributed by atoms with van der Waals surface area (Å²) in [5.74, 6) is 0. The molecule has 1 aliphatic rings. The zero-order valence-corrected chi connectivity index (χ0v) is 6.67. The van der Waals surface area contributed by atoms with Crippen LogP contribution in [0.15, 0.2) is 11.6 Å². The van der Waals surface area contributed by atoms with Gasteiger partial charge in [0.05, 0.1) is 6.10 Å². The first-order valence-corrected chi connectivity index (χ1v) is 3.72. The van der Waals surface area contributed by atoms with Crippen molar-refractivity contribution in [2.75, 3.05) is 19.6 Å². The first-order chi connectivity index (χ1) is 4.68. The van der Waals surface area contributed by atoms with Gasteiger partial charge in [-0.15, -0.1) is 0 Å². The molecule has 0 aromatic carbocycles. The van der Waals surface area contributed by atoms with Crippen LogP contribution in [0.1, 0.15) is 13.8 Å². The van der Waals surface area contributed by atoms with Crippen LogP contribution in [-0.4, -0.2) is 35.7 Å². The van der Waals surface area contributed by atoms with E-state index in [1.54, 1.807) is 0 Å². The summed E-state index contributed by atoms with van der Waals surface area (Å²) in [7, 11) is 0. The second-order valence-electron chi connectivity index (χ2n) is 3.15. The molecule has 0 unspecified atom stereocenters. The number of allylic oxidation sites excluding steroid dienone is 1. The maximum Gasteiger partial charge on any atom is 0.0794 e. The summed E-state index contributed by atoms with van der Waals surface area (Å²) in [5, 5.41) is 8.92. The highest BCUT2D eigenvalue weighted by Crippen LogP contribution is 2.06. The Labute approximate surface area is 62.2 Å². The Bertz CT molecular complexity index is 132. The van der Waals surface area contributed by atoms with Gasteiger partial charge in [-0.1, -0.05) is 11.6 Å². The van der Waals surface area contributed by atoms with E-state index in [2.05, 4.69) is 24.8 Å². The largest absolute Gasteiger partial charge is 0.390 e. The number of aliphatic hydroxyl groups is 1. The van der Waals surface area contributed by atoms with Gasteiger partial charge in [0.1, 0.15) is 0 Å². The summed E-state index contributed by atoms with van der Waals surface area (Å²) in [4.78, 5) is 2.22. The van der Waals surface area contributed by atoms with Crippen molar-refractivity contribution in [3.63, 3.8) is 0 Å². The molecule has 0 aliphatic carbocycles. The number of rotatable bonds is 2. The molecular formula is C8H15NO. The van der Waals surface area contributed by atoms with E-state index in [-0.39, 0.29) is 6.10 Å². The zero-order chi connectivity index (χ0) is 7.56. The fourth-order valence-corrected chi connectivity index (χ4v) is 1.00. The van der Waals surface area contributed by atoms with Crippen molar-refractivity contribution in [1.82, 2.24) is 4.90 Å². The SMILES string of the molecule is CC(C)=CCN1CC(O)C1. The smallest absolute Gasteiger partial charge is 0.0794 e. The minimum atomic E-state index is -0.0643. The Balaban J connectivity index is 2.11. The highest BCUT2D eigenvalue weighted by atomic mass is 16.3. The van der Waals surface area contributed by atoms with E-state index in [0.29, 0.717) is 0 Å². The molecule has 10 heavy (non-hydrogen) atoms. The van der Waals surface area contributed by atoms with Crippen molar-refractivity contribution in [2.45, 2.75) is 20.0 Å². The van der Waals surface area contributed by atoms with E-state index in [1.165, 1.54) is 5.57 Å². The van der Waals surface area contributed by atoms with Crippen LogP contribution in [0.25, 0.3) is 0 Å². The molecule has 1 aliphatic heterocycles. The molecule has 0 radical (unpaired) electrons. The zero-order valence-electron chi connectivity index (χ0n) is 6.67. The van der Waals surface area contributed by atoms with E-state index in [0.717, 1.165) is 19.6 Å². The maximum atomic E-state index is 8.92. The number of hydrogen-bond acceptors (Lipinski definition) is 2. The lowest BCUT2D eigenvalue weighted by Gasteiger charge is -2.34. The molecule has 0 aromatic rings. The summed E-state index contributed by atoms with van der Waals surface area (Å²) in [6.45, 7) is 6.89. The quantitative estimate of drug-likeness (QED) is 0.570. The molecule has 1 heterocycles. The van der Waals surface area contributed by atoms with E-state index in [1.807, 2.05) is 0 Å². The molecule has 58 valence electrons. The van der Waals surface area contributed by atoms with Crippen LogP contribution in [0.4, 0.5) is 0 Å². The van der Waals surface area contributed by atoms with Crippen molar-refractivity contribution < 1.29 is 5.11 Å². The number of β-amino-alcohol motifs (C(OH)–C–C–N with tert-alkyl or cyclic N) is 1. The second kappa shape index (κ2) is 3.17. The van der Waals surface area contributed by atoms with Gasteiger partial charge in [0.15, 0.2) is 0 Å². The van der Waals surface area contributed by atoms with Crippen LogP contribution < -0.4 is 0 Å². The summed E-state index contributed by atoms with van der Waals surface area (Å²) in [6.07, 6.45) is 2.12. The topological polar surface area (TPSA) is 23.5 Å². The fourth-order valence-electron chi connectivity index (χ4n) is 1.00. The number of aliphatic hydroxyl groups excluding tert-OH is 1. The summed E-state index contributed by atoms with van der Waals surface area (Å²) in [6, 6.07) is 0. The molecule has 1 N–H and O–H groups in total. The second-order valence-corrected chi connectivity index (χ2v) is 3.15. The number of hydrogen-bond donors (Lipinski definition) is 1. The average Bonchev–Trinajstić information content (AvgIpc) is 1.77. The standard InChI is InChI=1S/C8H15NO/c1-7(2)3-4-9-5-8(10)6-9/h3,8,10H,4-6H2,1-2H3. The Kier molecular flexibility index (Phi) is 2.46. The van der Waals surface area contributed by atoms with Crippen molar-refractivity contribution >= 4 is 0 Å². The average molecular weight is 141 g/mol. The van der Waals surface area contributed by atoms with Gasteiger partial charge in [0.2, 0.25) is 0 Å². The van der Waals surface area contributed by atoms with Crippen LogP contribution in [0.5, 0.6) is 0 Å². The van der Waals surface area contributed by atoms with Crippen molar-refractivity contribution in [3.05, 3.63) is 11.6 Å². The molecule has 0 atom stereocenters. The van der Waals surface area contributed by atoms with Gasteiger partial charge in [-0.25, -0.2) is 0 Å². The van der Waals surface area contributed by atoms with Gasteiger partial charge in [0.25, 0.3) is 0 Å². The molecule has 0 saturated carbocycles. The molecule has 0 bridgehead atoms. The van der Waals surface area contributed by atoms with Crippen LogP contribution in [0.3, 0.4) is 0 Å². The van der Waals surface area contributed by atoms with Crippen molar-refractivity contribution in [3.8, 4) is 0 Å². The van der Waals surface area contributed by atoms with Crippen LogP contribution in [0, 0.1) is 0 Å². The predicted molar refractivity (Wildman–Crippen MR) is 41.9 cm³/mol. The van der Waals surface area contributed by atoms with Crippen LogP contribution in [0.2, 0.25) is 0 Å². The van der Waals surface area contributed by atoms with Gasteiger partial charge in [0, 0.05) is 19.6 Å². The molecule has 2 nitrogen and oxygen atoms in total. The monoisotopic (exact) mass is 141 g/mol. The molecule has 0 aromatic heterocycles. The van der Waals surface area contributed by atoms with E-state index in [9.17, 15) is 0 Å². The van der Waals surface area contributed by atoms with Gasteiger partial charge >= 0.3 is 0 Å². The Morgan fingerprint density at radius 3 is 2.60 bits per heavy atom. The minimum Gasteiger partial charge on any atom is -0.390 e. The van der Waals surface area contributed by atoms with E-state index >= 15 is 0 Å². The van der Waals surface area contributed by atoms with Crippen LogP contribution in [-0.2, 0) is 0 Å². The summed E-state index contributed by atoms with van der Waals surface area (Å²) < 4.78 is 0. The van der Waals surface area contributed by atoms with Gasteiger partial charge < -0.3 is 5.11 Å². The van der Waals surface area contributed by atoms with Gasteiger partial charge in [-0.05, 0) is 13.8 Å². The lowest BCUT2D eigenvalue weighted by atomic mass is 10.1. The minimum absolute atomic E-state index is 0.0643. The molecule has 1 rings (SSSR count). The Morgan fingerprint density at radius 2 is 2.20 bits per heavy atom. The van der Waals surface area contributed by atoms with Crippen molar-refractivity contribution in [2.24, 2.45) is 0 Å². The first-order valence-electron chi connectivity index (χ1n) is 3.72. The third-order valence-electron chi connectivity index (χ3n) is 1.70. The summed E-state index contributed by atoms with van der Waals surface area (Å²) in [5.41, 5.74) is 1.35. The predicted octanol–water partition coefficient (Wildman–Crippen LogP) is 0.629. The number of likely N-dealkylation sites (tertiary alicyclic amines) is 1. The van der Waals surface area contributed by atoms with Crippen LogP contribution >= 0.6 is 0 Å². The number of nitrogens with zero attached hydrogens (tertiary/aromatic N) is 1. The van der Waals surface area contributed by atoms with E-state index in [4.69, 9.17) is 5.11 Å². The third-order valence-corrected chi connectivity index (χ3v) is 1.70. The maximum absolute atomic E-state index is 8.92. The Morgan fingerprint density at radius 1 is 1.60 bits per heavy atom. The Hall–Kier alpha value is -0.340. The summed E-state index contributed by atoms with van der Waals surface area (Å²) >= 11 is 0. The molecule has 1 saturated heterocycles. The fraction of sp³-hybridized carbons (Fsp3) is 0.750. The normalized spacial score (nSPS) is 20.3. The lowest BCUT2D eigenvalue weighted by molar-refractivity contribution is 0.00971.